The molecule has 0 N–H and O–H groups in total. The molecule has 1 saturated heterocycles. The Morgan fingerprint density at radius 2 is 1.71 bits per heavy atom. The molecule has 2 nitrogen and oxygen atoms in total. The van der Waals surface area contributed by atoms with Crippen LogP contribution in [0.2, 0.25) is 0 Å². The Kier molecular flexibility index (Phi) is 6.06. The Balaban J connectivity index is 2.25. The van der Waals surface area contributed by atoms with Gasteiger partial charge in [0.05, 0.1) is 0 Å². The van der Waals surface area contributed by atoms with Crippen LogP contribution in [-0.4, -0.2) is 54.4 Å². The van der Waals surface area contributed by atoms with E-state index >= 15 is 0 Å². The third-order valence-electron chi connectivity index (χ3n) is 2.71. The van der Waals surface area contributed by atoms with Crippen LogP contribution in [-0.2, 0) is 0 Å². The number of halogens is 1. The maximum absolute atomic E-state index is 3.51. The van der Waals surface area contributed by atoms with Gasteiger partial charge in [-0.3, -0.25) is 0 Å². The monoisotopic (exact) mass is 262 g/mol. The summed E-state index contributed by atoms with van der Waals surface area (Å²) in [6.07, 6.45) is 1.33. The van der Waals surface area contributed by atoms with Gasteiger partial charge in [-0.15, -0.1) is 0 Å². The van der Waals surface area contributed by atoms with E-state index in [-0.39, 0.29) is 0 Å². The highest BCUT2D eigenvalue weighted by Gasteiger charge is 2.14. The first-order valence-corrected chi connectivity index (χ1v) is 6.85. The molecule has 0 aliphatic carbocycles. The molecule has 1 heterocycles. The van der Waals surface area contributed by atoms with Crippen molar-refractivity contribution in [3.05, 3.63) is 0 Å². The standard InChI is InChI=1S/C11H23BrN2/c1-11(2)10-14-6-3-5-13(7-4-12)8-9-14/h11H,3-10H2,1-2H3. The minimum absolute atomic E-state index is 0.803. The summed E-state index contributed by atoms with van der Waals surface area (Å²) in [4.78, 5) is 5.17. The van der Waals surface area contributed by atoms with Crippen molar-refractivity contribution in [1.82, 2.24) is 9.80 Å². The largest absolute Gasteiger partial charge is 0.302 e. The topological polar surface area (TPSA) is 6.48 Å². The van der Waals surface area contributed by atoms with Crippen molar-refractivity contribution < 1.29 is 0 Å². The number of rotatable bonds is 4. The van der Waals surface area contributed by atoms with Gasteiger partial charge in [-0.05, 0) is 25.4 Å². The van der Waals surface area contributed by atoms with E-state index in [1.54, 1.807) is 0 Å². The SMILES string of the molecule is CC(C)CN1CCCN(CCBr)CC1. The van der Waals surface area contributed by atoms with E-state index in [9.17, 15) is 0 Å². The highest BCUT2D eigenvalue weighted by Crippen LogP contribution is 2.06. The van der Waals surface area contributed by atoms with Crippen LogP contribution in [0.25, 0.3) is 0 Å². The molecule has 0 amide bonds. The molecule has 0 unspecified atom stereocenters. The molecule has 0 spiro atoms. The molecule has 1 aliphatic rings. The second kappa shape index (κ2) is 6.81. The molecule has 1 aliphatic heterocycles. The second-order valence-corrected chi connectivity index (χ2v) is 5.37. The maximum atomic E-state index is 3.51. The van der Waals surface area contributed by atoms with Gasteiger partial charge in [-0.25, -0.2) is 0 Å². The summed E-state index contributed by atoms with van der Waals surface area (Å²) >= 11 is 3.51. The quantitative estimate of drug-likeness (QED) is 0.716. The van der Waals surface area contributed by atoms with Crippen LogP contribution in [0, 0.1) is 5.92 Å². The van der Waals surface area contributed by atoms with Crippen LogP contribution < -0.4 is 0 Å². The lowest BCUT2D eigenvalue weighted by Gasteiger charge is -2.22. The first kappa shape index (κ1) is 12.5. The lowest BCUT2D eigenvalue weighted by molar-refractivity contribution is 0.242. The number of alkyl halides is 1. The van der Waals surface area contributed by atoms with E-state index < -0.39 is 0 Å². The highest BCUT2D eigenvalue weighted by atomic mass is 79.9. The van der Waals surface area contributed by atoms with Gasteiger partial charge in [0.1, 0.15) is 0 Å². The average molecular weight is 263 g/mol. The predicted molar refractivity (Wildman–Crippen MR) is 66.1 cm³/mol. The van der Waals surface area contributed by atoms with Crippen molar-refractivity contribution in [2.75, 3.05) is 44.6 Å². The van der Waals surface area contributed by atoms with Crippen molar-refractivity contribution >= 4 is 15.9 Å². The van der Waals surface area contributed by atoms with E-state index in [2.05, 4.69) is 39.6 Å². The van der Waals surface area contributed by atoms with Crippen LogP contribution in [0.5, 0.6) is 0 Å². The first-order chi connectivity index (χ1) is 6.72. The van der Waals surface area contributed by atoms with Crippen LogP contribution in [0.15, 0.2) is 0 Å². The van der Waals surface area contributed by atoms with Crippen molar-refractivity contribution in [2.45, 2.75) is 20.3 Å². The summed E-state index contributed by atoms with van der Waals surface area (Å²) in [6, 6.07) is 0. The third kappa shape index (κ3) is 4.76. The lowest BCUT2D eigenvalue weighted by atomic mass is 10.2. The minimum Gasteiger partial charge on any atom is -0.302 e. The molecular weight excluding hydrogens is 240 g/mol. The molecule has 1 fully saturated rings. The van der Waals surface area contributed by atoms with Gasteiger partial charge in [0.25, 0.3) is 0 Å². The van der Waals surface area contributed by atoms with E-state index in [1.165, 1.54) is 45.7 Å². The molecule has 0 radical (unpaired) electrons. The summed E-state index contributed by atoms with van der Waals surface area (Å²) in [6.45, 7) is 12.2. The van der Waals surface area contributed by atoms with E-state index in [0.717, 1.165) is 11.2 Å². The predicted octanol–water partition coefficient (Wildman–Crippen LogP) is 2.04. The molecule has 0 aromatic rings. The molecular formula is C11H23BrN2. The molecule has 0 aromatic carbocycles. The van der Waals surface area contributed by atoms with Gasteiger partial charge in [-0.1, -0.05) is 29.8 Å². The molecule has 0 aromatic heterocycles. The first-order valence-electron chi connectivity index (χ1n) is 5.73. The Bertz CT molecular complexity index is 150. The zero-order valence-corrected chi connectivity index (χ0v) is 11.1. The summed E-state index contributed by atoms with van der Waals surface area (Å²) < 4.78 is 0. The molecule has 0 bridgehead atoms. The molecule has 0 saturated carbocycles. The Morgan fingerprint density at radius 1 is 1.07 bits per heavy atom. The minimum atomic E-state index is 0.803. The van der Waals surface area contributed by atoms with Gasteiger partial charge < -0.3 is 9.80 Å². The fourth-order valence-corrected chi connectivity index (χ4v) is 2.57. The van der Waals surface area contributed by atoms with E-state index in [0.29, 0.717) is 0 Å². The van der Waals surface area contributed by atoms with Crippen LogP contribution in [0.3, 0.4) is 0 Å². The molecule has 1 rings (SSSR count). The Labute approximate surface area is 96.8 Å². The van der Waals surface area contributed by atoms with Gasteiger partial charge in [0, 0.05) is 31.5 Å². The van der Waals surface area contributed by atoms with E-state index in [4.69, 9.17) is 0 Å². The van der Waals surface area contributed by atoms with Gasteiger partial charge in [-0.2, -0.15) is 0 Å². The van der Waals surface area contributed by atoms with Crippen LogP contribution >= 0.6 is 15.9 Å². The smallest absolute Gasteiger partial charge is 0.0159 e. The van der Waals surface area contributed by atoms with Crippen molar-refractivity contribution in [3.63, 3.8) is 0 Å². The normalized spacial score (nSPS) is 21.4. The number of hydrogen-bond donors (Lipinski definition) is 0. The van der Waals surface area contributed by atoms with Gasteiger partial charge >= 0.3 is 0 Å². The van der Waals surface area contributed by atoms with Crippen molar-refractivity contribution in [3.8, 4) is 0 Å². The van der Waals surface area contributed by atoms with Crippen molar-refractivity contribution in [2.24, 2.45) is 5.92 Å². The van der Waals surface area contributed by atoms with Gasteiger partial charge in [0.2, 0.25) is 0 Å². The molecule has 14 heavy (non-hydrogen) atoms. The van der Waals surface area contributed by atoms with E-state index in [1.807, 2.05) is 0 Å². The lowest BCUT2D eigenvalue weighted by Crippen LogP contribution is -2.33. The zero-order chi connectivity index (χ0) is 10.4. The molecule has 3 heteroatoms. The average Bonchev–Trinajstić information content (AvgIpc) is 2.31. The summed E-state index contributed by atoms with van der Waals surface area (Å²) in [5.41, 5.74) is 0. The molecule has 0 atom stereocenters. The Hall–Kier alpha value is 0.400. The summed E-state index contributed by atoms with van der Waals surface area (Å²) in [5.74, 6) is 0.803. The second-order valence-electron chi connectivity index (χ2n) is 4.58. The maximum Gasteiger partial charge on any atom is 0.0159 e. The fourth-order valence-electron chi connectivity index (χ4n) is 2.07. The molecule has 84 valence electrons. The van der Waals surface area contributed by atoms with Crippen molar-refractivity contribution in [1.29, 1.82) is 0 Å². The zero-order valence-electron chi connectivity index (χ0n) is 9.51. The summed E-state index contributed by atoms with van der Waals surface area (Å²) in [7, 11) is 0. The van der Waals surface area contributed by atoms with Gasteiger partial charge in [0.15, 0.2) is 0 Å². The van der Waals surface area contributed by atoms with Crippen LogP contribution in [0.4, 0.5) is 0 Å². The Morgan fingerprint density at radius 3 is 2.36 bits per heavy atom. The number of hydrogen-bond acceptors (Lipinski definition) is 2. The number of nitrogens with zero attached hydrogens (tertiary/aromatic N) is 2. The highest BCUT2D eigenvalue weighted by molar-refractivity contribution is 9.09. The summed E-state index contributed by atoms with van der Waals surface area (Å²) in [5, 5.41) is 1.11. The fraction of sp³-hybridized carbons (Fsp3) is 1.00. The van der Waals surface area contributed by atoms with Crippen LogP contribution in [0.1, 0.15) is 20.3 Å². The third-order valence-corrected chi connectivity index (χ3v) is 3.06.